The topological polar surface area (TPSA) is 81.3 Å². The molecule has 2 rings (SSSR count). The van der Waals surface area contributed by atoms with Crippen molar-refractivity contribution >= 4 is 5.97 Å². The van der Waals surface area contributed by atoms with E-state index >= 15 is 0 Å². The van der Waals surface area contributed by atoms with Gasteiger partial charge in [-0.3, -0.25) is 0 Å². The summed E-state index contributed by atoms with van der Waals surface area (Å²) < 4.78 is 0. The van der Waals surface area contributed by atoms with Crippen molar-refractivity contribution in [2.24, 2.45) is 11.3 Å². The Morgan fingerprint density at radius 2 is 1.72 bits per heavy atom. The molecule has 3 atom stereocenters. The molecule has 2 fully saturated rings. The Bertz CT molecular complexity index is 277. The van der Waals surface area contributed by atoms with E-state index in [-0.39, 0.29) is 27.1 Å². The third-order valence-corrected chi connectivity index (χ3v) is 4.08. The molecule has 106 valence electrons. The van der Waals surface area contributed by atoms with E-state index in [1.54, 1.807) is 0 Å². The quantitative estimate of drug-likeness (QED) is 0.377. The molecule has 0 heterocycles. The first kappa shape index (κ1) is 17.7. The molecule has 0 unspecified atom stereocenters. The maximum Gasteiger partial charge on any atom is 2.00 e. The third-order valence-electron chi connectivity index (χ3n) is 4.08. The van der Waals surface area contributed by atoms with Crippen molar-refractivity contribution in [3.8, 4) is 0 Å². The Labute approximate surface area is 123 Å². The number of rotatable bonds is 1. The summed E-state index contributed by atoms with van der Waals surface area (Å²) in [5, 5.41) is 15.5. The number of aliphatic carboxylic acids is 1. The van der Waals surface area contributed by atoms with Crippen LogP contribution in [-0.2, 0) is 25.9 Å². The summed E-state index contributed by atoms with van der Waals surface area (Å²) in [5.41, 5.74) is 8.33. The van der Waals surface area contributed by atoms with E-state index in [1.165, 1.54) is 32.1 Å². The van der Waals surface area contributed by atoms with Gasteiger partial charge in [0.15, 0.2) is 5.76 Å². The van der Waals surface area contributed by atoms with Crippen LogP contribution in [0.2, 0.25) is 0 Å². The van der Waals surface area contributed by atoms with Gasteiger partial charge in [-0.15, -0.1) is 6.04 Å². The van der Waals surface area contributed by atoms with Crippen LogP contribution in [0, 0.1) is 18.3 Å². The number of hydrogen-bond donors (Lipinski definition) is 2. The Kier molecular flexibility index (Phi) is 7.16. The molecular weight excluding hydrogens is 413 g/mol. The standard InChI is InChI=1S/C10H17N.C3H4O3.Pt/c1-8-4-2-6-10(8)7-3-5-9(10)11;1-2(4)3(5)6;/h8-9,11H,1-7H2;4H,1H2,(H,5,6);/q-2;;+2/t8-,9+,10-;;/m1../s1. The van der Waals surface area contributed by atoms with Crippen molar-refractivity contribution in [2.75, 3.05) is 0 Å². The van der Waals surface area contributed by atoms with Gasteiger partial charge in [-0.25, -0.2) is 4.79 Å². The molecule has 1 spiro atoms. The average Bonchev–Trinajstić information content (AvgIpc) is 2.78. The first-order valence-electron chi connectivity index (χ1n) is 6.05. The molecule has 18 heavy (non-hydrogen) atoms. The SMILES string of the molecule is C=C(O)C(=O)O.[CH2-][C@@H]1CCC[C@@]12CCC[C@@H]2[NH-].[Pt+2]. The largest absolute Gasteiger partial charge is 2.00 e. The van der Waals surface area contributed by atoms with Crippen molar-refractivity contribution in [3.63, 3.8) is 0 Å². The molecule has 0 bridgehead atoms. The Morgan fingerprint density at radius 1 is 1.28 bits per heavy atom. The Hall–Kier alpha value is -0.342. The molecule has 0 aromatic heterocycles. The summed E-state index contributed by atoms with van der Waals surface area (Å²) >= 11 is 0. The van der Waals surface area contributed by atoms with Gasteiger partial charge in [0.1, 0.15) is 0 Å². The zero-order valence-electron chi connectivity index (χ0n) is 10.4. The molecule has 0 amide bonds. The number of carboxylic acid groups (broad SMARTS) is 1. The zero-order valence-corrected chi connectivity index (χ0v) is 12.7. The van der Waals surface area contributed by atoms with Crippen LogP contribution in [-0.4, -0.2) is 22.2 Å². The van der Waals surface area contributed by atoms with E-state index in [4.69, 9.17) is 15.9 Å². The summed E-state index contributed by atoms with van der Waals surface area (Å²) in [4.78, 5) is 9.35. The van der Waals surface area contributed by atoms with Gasteiger partial charge < -0.3 is 22.9 Å². The second kappa shape index (κ2) is 7.30. The van der Waals surface area contributed by atoms with E-state index < -0.39 is 11.7 Å². The number of carboxylic acids is 1. The minimum atomic E-state index is -1.38. The molecule has 0 aromatic carbocycles. The van der Waals surface area contributed by atoms with Crippen LogP contribution in [0.25, 0.3) is 5.73 Å². The molecule has 0 radical (unpaired) electrons. The van der Waals surface area contributed by atoms with Crippen molar-refractivity contribution in [1.82, 2.24) is 0 Å². The fourth-order valence-corrected chi connectivity index (χ4v) is 3.05. The van der Waals surface area contributed by atoms with Crippen LogP contribution in [0.3, 0.4) is 0 Å². The monoisotopic (exact) mass is 434 g/mol. The minimum absolute atomic E-state index is 0. The zero-order chi connectivity index (χ0) is 13.1. The normalized spacial score (nSPS) is 33.4. The maximum absolute atomic E-state index is 9.35. The van der Waals surface area contributed by atoms with Crippen LogP contribution in [0.15, 0.2) is 12.3 Å². The van der Waals surface area contributed by atoms with Gasteiger partial charge in [-0.05, 0) is 6.58 Å². The fraction of sp³-hybridized carbons (Fsp3) is 0.692. The van der Waals surface area contributed by atoms with Crippen LogP contribution >= 0.6 is 0 Å². The molecule has 0 aliphatic heterocycles. The number of hydrogen-bond acceptors (Lipinski definition) is 2. The molecule has 2 aliphatic rings. The minimum Gasteiger partial charge on any atom is -0.674 e. The molecule has 2 aliphatic carbocycles. The number of nitrogens with one attached hydrogen (secondary N) is 1. The summed E-state index contributed by atoms with van der Waals surface area (Å²) in [6.45, 7) is 6.91. The second-order valence-corrected chi connectivity index (χ2v) is 5.02. The summed E-state index contributed by atoms with van der Waals surface area (Å²) in [6.07, 6.45) is 7.58. The van der Waals surface area contributed by atoms with Crippen LogP contribution in [0.4, 0.5) is 0 Å². The molecular formula is C13H21NO3Pt. The predicted molar refractivity (Wildman–Crippen MR) is 66.5 cm³/mol. The van der Waals surface area contributed by atoms with E-state index in [9.17, 15) is 4.79 Å². The van der Waals surface area contributed by atoms with Crippen LogP contribution < -0.4 is 0 Å². The van der Waals surface area contributed by atoms with Crippen LogP contribution in [0.1, 0.15) is 38.5 Å². The van der Waals surface area contributed by atoms with E-state index in [2.05, 4.69) is 13.5 Å². The summed E-state index contributed by atoms with van der Waals surface area (Å²) in [5.74, 6) is -1.61. The van der Waals surface area contributed by atoms with Gasteiger partial charge >= 0.3 is 27.0 Å². The first-order valence-corrected chi connectivity index (χ1v) is 6.05. The van der Waals surface area contributed by atoms with Gasteiger partial charge in [-0.2, -0.15) is 5.92 Å². The third kappa shape index (κ3) is 3.82. The van der Waals surface area contributed by atoms with Crippen LogP contribution in [0.5, 0.6) is 0 Å². The predicted octanol–water partition coefficient (Wildman–Crippen LogP) is 3.35. The van der Waals surface area contributed by atoms with Gasteiger partial charge in [0.05, 0.1) is 0 Å². The molecule has 5 heteroatoms. The summed E-state index contributed by atoms with van der Waals surface area (Å²) in [7, 11) is 0. The number of aliphatic hydroxyl groups is 1. The molecule has 2 saturated carbocycles. The van der Waals surface area contributed by atoms with Crippen molar-refractivity contribution < 1.29 is 36.1 Å². The van der Waals surface area contributed by atoms with Gasteiger partial charge in [0.2, 0.25) is 0 Å². The van der Waals surface area contributed by atoms with Gasteiger partial charge in [-0.1, -0.05) is 43.9 Å². The summed E-state index contributed by atoms with van der Waals surface area (Å²) in [6, 6.07) is 0.215. The van der Waals surface area contributed by atoms with E-state index in [0.29, 0.717) is 11.3 Å². The van der Waals surface area contributed by atoms with E-state index in [0.717, 1.165) is 6.42 Å². The maximum atomic E-state index is 9.35. The molecule has 0 aromatic rings. The Morgan fingerprint density at radius 3 is 2.00 bits per heavy atom. The second-order valence-electron chi connectivity index (χ2n) is 5.02. The van der Waals surface area contributed by atoms with E-state index in [1.807, 2.05) is 0 Å². The van der Waals surface area contributed by atoms with Crippen molar-refractivity contribution in [1.29, 1.82) is 0 Å². The molecule has 3 N–H and O–H groups in total. The number of carbonyl (C=O) groups is 1. The smallest absolute Gasteiger partial charge is 0.674 e. The first-order chi connectivity index (χ1) is 7.90. The van der Waals surface area contributed by atoms with Crippen molar-refractivity contribution in [3.05, 3.63) is 25.0 Å². The Balaban J connectivity index is 0.000000362. The fourth-order valence-electron chi connectivity index (χ4n) is 3.05. The molecule has 4 nitrogen and oxygen atoms in total. The van der Waals surface area contributed by atoms with Crippen molar-refractivity contribution in [2.45, 2.75) is 44.6 Å². The van der Waals surface area contributed by atoms with Gasteiger partial charge in [0.25, 0.3) is 0 Å². The van der Waals surface area contributed by atoms with Gasteiger partial charge in [0, 0.05) is 0 Å². The molecule has 0 saturated heterocycles. The average molecular weight is 434 g/mol. The number of aliphatic hydroxyl groups excluding tert-OH is 1.